The fourth-order valence-corrected chi connectivity index (χ4v) is 3.43. The Hall–Kier alpha value is -3.68. The maximum atomic E-state index is 12.6. The number of halogens is 1. The summed E-state index contributed by atoms with van der Waals surface area (Å²) < 4.78 is 0. The van der Waals surface area contributed by atoms with Crippen LogP contribution in [0.15, 0.2) is 66.9 Å². The van der Waals surface area contributed by atoms with E-state index >= 15 is 0 Å². The van der Waals surface area contributed by atoms with Gasteiger partial charge in [-0.05, 0) is 47.5 Å². The molecule has 1 heterocycles. The molecule has 3 aromatic carbocycles. The number of aromatic amines is 1. The molecule has 0 saturated heterocycles. The van der Waals surface area contributed by atoms with Crippen LogP contribution in [0.3, 0.4) is 0 Å². The van der Waals surface area contributed by atoms with Crippen LogP contribution < -0.4 is 10.6 Å². The van der Waals surface area contributed by atoms with Crippen molar-refractivity contribution in [3.8, 4) is 11.1 Å². The minimum Gasteiger partial charge on any atom is -0.378 e. The molecule has 0 spiro atoms. The number of fused-ring (bicyclic) bond motifs is 1. The van der Waals surface area contributed by atoms with Crippen LogP contribution in [0.4, 0.5) is 11.4 Å². The van der Waals surface area contributed by atoms with Gasteiger partial charge in [-0.2, -0.15) is 5.10 Å². The Morgan fingerprint density at radius 2 is 1.71 bits per heavy atom. The van der Waals surface area contributed by atoms with Crippen LogP contribution in [0.2, 0.25) is 5.02 Å². The molecule has 0 aliphatic rings. The summed E-state index contributed by atoms with van der Waals surface area (Å²) in [6, 6.07) is 17.4. The highest BCUT2D eigenvalue weighted by molar-refractivity contribution is 6.30. The van der Waals surface area contributed by atoms with Crippen LogP contribution in [0.5, 0.6) is 0 Å². The van der Waals surface area contributed by atoms with Gasteiger partial charge in [0.25, 0.3) is 5.91 Å². The first-order valence-electron chi connectivity index (χ1n) is 9.50. The highest BCUT2D eigenvalue weighted by Gasteiger charge is 2.18. The predicted molar refractivity (Wildman–Crippen MR) is 121 cm³/mol. The van der Waals surface area contributed by atoms with E-state index in [1.165, 1.54) is 6.92 Å². The fraction of sp³-hybridized carbons (Fsp3) is 0.0870. The lowest BCUT2D eigenvalue weighted by atomic mass is 10.0. The lowest BCUT2D eigenvalue weighted by Crippen LogP contribution is -2.20. The van der Waals surface area contributed by atoms with Crippen molar-refractivity contribution in [3.05, 3.63) is 77.4 Å². The molecule has 2 amide bonds. The van der Waals surface area contributed by atoms with E-state index in [0.717, 1.165) is 22.0 Å². The SMILES string of the molecule is CC(=O)Nc1ccc(-c2cc(NC(=O)C(O)c3ccc(Cl)cc3)cc3cn[nH]c23)cc1. The van der Waals surface area contributed by atoms with E-state index in [-0.39, 0.29) is 5.91 Å². The largest absolute Gasteiger partial charge is 0.378 e. The average Bonchev–Trinajstić information content (AvgIpc) is 3.22. The number of aromatic nitrogens is 2. The molecule has 31 heavy (non-hydrogen) atoms. The Labute approximate surface area is 183 Å². The molecule has 4 N–H and O–H groups in total. The van der Waals surface area contributed by atoms with Gasteiger partial charge in [-0.3, -0.25) is 14.7 Å². The number of rotatable bonds is 5. The summed E-state index contributed by atoms with van der Waals surface area (Å²) in [6.45, 7) is 1.45. The van der Waals surface area contributed by atoms with Gasteiger partial charge in [-0.15, -0.1) is 0 Å². The summed E-state index contributed by atoms with van der Waals surface area (Å²) in [5, 5.41) is 24.3. The monoisotopic (exact) mass is 434 g/mol. The van der Waals surface area contributed by atoms with Crippen LogP contribution in [-0.4, -0.2) is 27.1 Å². The van der Waals surface area contributed by atoms with Crippen LogP contribution in [0, 0.1) is 0 Å². The highest BCUT2D eigenvalue weighted by Crippen LogP contribution is 2.32. The standard InChI is InChI=1S/C23H19ClN4O3/c1-13(29)26-18-8-4-14(5-9-18)20-11-19(10-16-12-25-28-21(16)20)27-23(31)22(30)15-2-6-17(24)7-3-15/h2-12,22,30H,1H3,(H,25,28)(H,26,29)(H,27,31). The molecule has 156 valence electrons. The smallest absolute Gasteiger partial charge is 0.257 e. The molecule has 0 saturated carbocycles. The molecule has 0 bridgehead atoms. The van der Waals surface area contributed by atoms with Crippen LogP contribution >= 0.6 is 11.6 Å². The normalized spacial score (nSPS) is 11.8. The summed E-state index contributed by atoms with van der Waals surface area (Å²) in [6.07, 6.45) is 0.327. The van der Waals surface area contributed by atoms with Crippen molar-refractivity contribution in [2.45, 2.75) is 13.0 Å². The van der Waals surface area contributed by atoms with Crippen LogP contribution in [0.1, 0.15) is 18.6 Å². The molecule has 0 aliphatic carbocycles. The molecule has 4 rings (SSSR count). The number of carbonyl (C=O) groups is 2. The van der Waals surface area contributed by atoms with Crippen molar-refractivity contribution in [2.75, 3.05) is 10.6 Å². The van der Waals surface area contributed by atoms with Crippen molar-refractivity contribution >= 4 is 45.7 Å². The third kappa shape index (κ3) is 4.58. The average molecular weight is 435 g/mol. The van der Waals surface area contributed by atoms with Crippen molar-refractivity contribution in [3.63, 3.8) is 0 Å². The first-order valence-corrected chi connectivity index (χ1v) is 9.88. The molecule has 0 aliphatic heterocycles. The second-order valence-electron chi connectivity index (χ2n) is 7.06. The fourth-order valence-electron chi connectivity index (χ4n) is 3.30. The Balaban J connectivity index is 1.63. The molecule has 8 heteroatoms. The van der Waals surface area contributed by atoms with Gasteiger partial charge >= 0.3 is 0 Å². The molecule has 7 nitrogen and oxygen atoms in total. The third-order valence-electron chi connectivity index (χ3n) is 4.77. The number of hydrogen-bond acceptors (Lipinski definition) is 4. The Morgan fingerprint density at radius 1 is 1.00 bits per heavy atom. The van der Waals surface area contributed by atoms with E-state index in [1.807, 2.05) is 12.1 Å². The topological polar surface area (TPSA) is 107 Å². The van der Waals surface area contributed by atoms with Crippen molar-refractivity contribution in [2.24, 2.45) is 0 Å². The number of aliphatic hydroxyl groups excluding tert-OH is 1. The molecule has 1 aromatic heterocycles. The van der Waals surface area contributed by atoms with E-state index < -0.39 is 12.0 Å². The maximum absolute atomic E-state index is 12.6. The Kier molecular flexibility index (Phi) is 5.70. The number of aliphatic hydroxyl groups is 1. The predicted octanol–water partition coefficient (Wildman–Crippen LogP) is 4.51. The summed E-state index contributed by atoms with van der Waals surface area (Å²) >= 11 is 5.87. The number of carbonyl (C=O) groups excluding carboxylic acids is 2. The number of nitrogens with one attached hydrogen (secondary N) is 3. The molecule has 4 aromatic rings. The quantitative estimate of drug-likeness (QED) is 0.370. The molecular formula is C23H19ClN4O3. The van der Waals surface area contributed by atoms with E-state index in [0.29, 0.717) is 22.0 Å². The molecule has 0 radical (unpaired) electrons. The minimum atomic E-state index is -1.34. The molecule has 0 fully saturated rings. The van der Waals surface area contributed by atoms with Crippen LogP contribution in [-0.2, 0) is 9.59 Å². The van der Waals surface area contributed by atoms with Crippen molar-refractivity contribution in [1.82, 2.24) is 10.2 Å². The van der Waals surface area contributed by atoms with Crippen LogP contribution in [0.25, 0.3) is 22.0 Å². The molecular weight excluding hydrogens is 416 g/mol. The number of hydrogen-bond donors (Lipinski definition) is 4. The zero-order chi connectivity index (χ0) is 22.0. The number of anilines is 2. The minimum absolute atomic E-state index is 0.146. The van der Waals surface area contributed by atoms with Gasteiger partial charge in [0.15, 0.2) is 6.10 Å². The third-order valence-corrected chi connectivity index (χ3v) is 5.02. The second kappa shape index (κ2) is 8.59. The van der Waals surface area contributed by atoms with E-state index in [9.17, 15) is 14.7 Å². The van der Waals surface area contributed by atoms with E-state index in [2.05, 4.69) is 20.8 Å². The second-order valence-corrected chi connectivity index (χ2v) is 7.50. The highest BCUT2D eigenvalue weighted by atomic mass is 35.5. The number of H-pyrrole nitrogens is 1. The Bertz CT molecular complexity index is 1250. The number of nitrogens with zero attached hydrogens (tertiary/aromatic N) is 1. The Morgan fingerprint density at radius 3 is 2.39 bits per heavy atom. The van der Waals surface area contributed by atoms with Crippen molar-refractivity contribution in [1.29, 1.82) is 0 Å². The number of amides is 2. The summed E-state index contributed by atoms with van der Waals surface area (Å²) in [5.41, 5.74) is 4.16. The maximum Gasteiger partial charge on any atom is 0.257 e. The zero-order valence-electron chi connectivity index (χ0n) is 16.5. The zero-order valence-corrected chi connectivity index (χ0v) is 17.3. The van der Waals surface area contributed by atoms with Crippen molar-refractivity contribution < 1.29 is 14.7 Å². The van der Waals surface area contributed by atoms with Gasteiger partial charge in [0, 0.05) is 34.3 Å². The van der Waals surface area contributed by atoms with Gasteiger partial charge in [-0.25, -0.2) is 0 Å². The van der Waals surface area contributed by atoms with E-state index in [1.54, 1.807) is 54.7 Å². The summed E-state index contributed by atoms with van der Waals surface area (Å²) in [7, 11) is 0. The lowest BCUT2D eigenvalue weighted by Gasteiger charge is -2.14. The van der Waals surface area contributed by atoms with Gasteiger partial charge in [0.2, 0.25) is 5.91 Å². The van der Waals surface area contributed by atoms with E-state index in [4.69, 9.17) is 11.6 Å². The van der Waals surface area contributed by atoms with Gasteiger partial charge in [0.1, 0.15) is 0 Å². The number of benzene rings is 3. The lowest BCUT2D eigenvalue weighted by molar-refractivity contribution is -0.124. The molecule has 1 unspecified atom stereocenters. The van der Waals surface area contributed by atoms with Gasteiger partial charge in [0.05, 0.1) is 11.7 Å². The molecule has 1 atom stereocenters. The summed E-state index contributed by atoms with van der Waals surface area (Å²) in [5.74, 6) is -0.704. The van der Waals surface area contributed by atoms with Gasteiger partial charge in [-0.1, -0.05) is 35.9 Å². The first-order chi connectivity index (χ1) is 14.9. The summed E-state index contributed by atoms with van der Waals surface area (Å²) in [4.78, 5) is 23.8. The van der Waals surface area contributed by atoms with Gasteiger partial charge < -0.3 is 15.7 Å². The first kappa shape index (κ1) is 20.6.